The van der Waals surface area contributed by atoms with Gasteiger partial charge in [0.2, 0.25) is 0 Å². The van der Waals surface area contributed by atoms with Crippen molar-refractivity contribution >= 4 is 11.6 Å². The van der Waals surface area contributed by atoms with Crippen LogP contribution in [0, 0.1) is 5.82 Å². The van der Waals surface area contributed by atoms with Crippen LogP contribution in [0.5, 0.6) is 0 Å². The normalized spacial score (nSPS) is 12.6. The number of halogens is 2. The third-order valence-corrected chi connectivity index (χ3v) is 3.91. The first-order chi connectivity index (χ1) is 10.1. The van der Waals surface area contributed by atoms with E-state index in [1.165, 1.54) is 11.6 Å². The molecule has 1 atom stereocenters. The Balaban J connectivity index is 2.23. The third-order valence-electron chi connectivity index (χ3n) is 3.56. The summed E-state index contributed by atoms with van der Waals surface area (Å²) in [6, 6.07) is 15.5. The summed E-state index contributed by atoms with van der Waals surface area (Å²) in [7, 11) is 0. The molecule has 112 valence electrons. The van der Waals surface area contributed by atoms with Crippen LogP contribution >= 0.6 is 11.6 Å². The Labute approximate surface area is 131 Å². The number of hydrogen-bond acceptors (Lipinski definition) is 1. The summed E-state index contributed by atoms with van der Waals surface area (Å²) in [5, 5.41) is 3.94. The van der Waals surface area contributed by atoms with Crippen molar-refractivity contribution in [2.75, 3.05) is 6.54 Å². The molecule has 0 aliphatic rings. The Morgan fingerprint density at radius 3 is 2.38 bits per heavy atom. The van der Waals surface area contributed by atoms with Crippen LogP contribution in [-0.4, -0.2) is 12.6 Å². The zero-order valence-electron chi connectivity index (χ0n) is 12.4. The van der Waals surface area contributed by atoms with E-state index in [9.17, 15) is 4.39 Å². The summed E-state index contributed by atoms with van der Waals surface area (Å²) >= 11 is 6.16. The molecule has 0 amide bonds. The van der Waals surface area contributed by atoms with E-state index in [-0.39, 0.29) is 11.7 Å². The fraction of sp³-hybridized carbons (Fsp3) is 0.333. The van der Waals surface area contributed by atoms with Crippen LogP contribution < -0.4 is 5.32 Å². The predicted octanol–water partition coefficient (Wildman–Crippen LogP) is 4.80. The summed E-state index contributed by atoms with van der Waals surface area (Å²) < 4.78 is 14.0. The maximum Gasteiger partial charge on any atom is 0.127 e. The standard InChI is InChI=1S/C18H21ClFN/c1-13(2)21-12-15(14-7-4-3-5-8-14)11-16-17(19)9-6-10-18(16)20/h3-10,13,15,21H,11-12H2,1-2H3. The molecule has 2 aromatic rings. The van der Waals surface area contributed by atoms with Crippen molar-refractivity contribution in [3.05, 3.63) is 70.5 Å². The second-order valence-electron chi connectivity index (χ2n) is 5.57. The molecule has 0 aliphatic heterocycles. The van der Waals surface area contributed by atoms with Gasteiger partial charge in [0, 0.05) is 29.1 Å². The van der Waals surface area contributed by atoms with E-state index < -0.39 is 0 Å². The van der Waals surface area contributed by atoms with Crippen LogP contribution in [0.15, 0.2) is 48.5 Å². The van der Waals surface area contributed by atoms with Gasteiger partial charge in [0.25, 0.3) is 0 Å². The maximum absolute atomic E-state index is 14.0. The van der Waals surface area contributed by atoms with Gasteiger partial charge in [-0.3, -0.25) is 0 Å². The highest BCUT2D eigenvalue weighted by Crippen LogP contribution is 2.27. The molecule has 1 N–H and O–H groups in total. The van der Waals surface area contributed by atoms with Crippen molar-refractivity contribution in [3.8, 4) is 0 Å². The van der Waals surface area contributed by atoms with Crippen molar-refractivity contribution in [1.29, 1.82) is 0 Å². The molecule has 2 rings (SSSR count). The molecule has 0 radical (unpaired) electrons. The van der Waals surface area contributed by atoms with Gasteiger partial charge in [0.05, 0.1) is 0 Å². The maximum atomic E-state index is 14.0. The average Bonchev–Trinajstić information content (AvgIpc) is 2.47. The van der Waals surface area contributed by atoms with Crippen molar-refractivity contribution in [2.45, 2.75) is 32.2 Å². The lowest BCUT2D eigenvalue weighted by atomic mass is 9.91. The highest BCUT2D eigenvalue weighted by Gasteiger charge is 2.17. The zero-order chi connectivity index (χ0) is 15.2. The first-order valence-electron chi connectivity index (χ1n) is 7.29. The van der Waals surface area contributed by atoms with E-state index in [4.69, 9.17) is 11.6 Å². The molecule has 2 aromatic carbocycles. The van der Waals surface area contributed by atoms with Crippen molar-refractivity contribution in [2.24, 2.45) is 0 Å². The fourth-order valence-corrected chi connectivity index (χ4v) is 2.62. The molecule has 0 spiro atoms. The molecule has 0 aliphatic carbocycles. The van der Waals surface area contributed by atoms with Crippen LogP contribution in [0.4, 0.5) is 4.39 Å². The molecule has 1 nitrogen and oxygen atoms in total. The Kier molecular flexibility index (Phi) is 5.77. The van der Waals surface area contributed by atoms with E-state index in [2.05, 4.69) is 31.3 Å². The van der Waals surface area contributed by atoms with E-state index in [1.54, 1.807) is 12.1 Å². The minimum Gasteiger partial charge on any atom is -0.314 e. The molecule has 0 saturated heterocycles. The minimum atomic E-state index is -0.229. The molecule has 0 fully saturated rings. The van der Waals surface area contributed by atoms with Crippen LogP contribution in [0.25, 0.3) is 0 Å². The zero-order valence-corrected chi connectivity index (χ0v) is 13.2. The summed E-state index contributed by atoms with van der Waals surface area (Å²) in [5.41, 5.74) is 1.79. The molecule has 0 aromatic heterocycles. The molecule has 3 heteroatoms. The Hall–Kier alpha value is -1.38. The number of hydrogen-bond donors (Lipinski definition) is 1. The van der Waals surface area contributed by atoms with Gasteiger partial charge in [-0.15, -0.1) is 0 Å². The number of benzene rings is 2. The smallest absolute Gasteiger partial charge is 0.127 e. The quantitative estimate of drug-likeness (QED) is 0.808. The van der Waals surface area contributed by atoms with Gasteiger partial charge in [-0.25, -0.2) is 4.39 Å². The monoisotopic (exact) mass is 305 g/mol. The van der Waals surface area contributed by atoms with Gasteiger partial charge < -0.3 is 5.32 Å². The summed E-state index contributed by atoms with van der Waals surface area (Å²) in [5.74, 6) is -0.0315. The SMILES string of the molecule is CC(C)NCC(Cc1c(F)cccc1Cl)c1ccccc1. The highest BCUT2D eigenvalue weighted by molar-refractivity contribution is 6.31. The Morgan fingerprint density at radius 1 is 1.05 bits per heavy atom. The first-order valence-corrected chi connectivity index (χ1v) is 7.67. The summed E-state index contributed by atoms with van der Waals surface area (Å²) in [6.07, 6.45) is 0.592. The van der Waals surface area contributed by atoms with E-state index >= 15 is 0 Å². The minimum absolute atomic E-state index is 0.197. The second kappa shape index (κ2) is 7.58. The van der Waals surface area contributed by atoms with Crippen LogP contribution in [0.1, 0.15) is 30.9 Å². The van der Waals surface area contributed by atoms with Crippen molar-refractivity contribution in [3.63, 3.8) is 0 Å². The fourth-order valence-electron chi connectivity index (χ4n) is 2.38. The lowest BCUT2D eigenvalue weighted by Gasteiger charge is -2.21. The molecule has 0 bridgehead atoms. The van der Waals surface area contributed by atoms with Crippen LogP contribution in [0.2, 0.25) is 5.02 Å². The predicted molar refractivity (Wildman–Crippen MR) is 87.4 cm³/mol. The lowest BCUT2D eigenvalue weighted by Crippen LogP contribution is -2.29. The molecular formula is C18H21ClFN. The lowest BCUT2D eigenvalue weighted by molar-refractivity contribution is 0.517. The van der Waals surface area contributed by atoms with E-state index in [0.29, 0.717) is 23.0 Å². The Bertz CT molecular complexity index is 548. The number of rotatable bonds is 6. The molecular weight excluding hydrogens is 285 g/mol. The van der Waals surface area contributed by atoms with E-state index in [0.717, 1.165) is 6.54 Å². The van der Waals surface area contributed by atoms with Gasteiger partial charge in [0.15, 0.2) is 0 Å². The van der Waals surface area contributed by atoms with Gasteiger partial charge in [0.1, 0.15) is 5.82 Å². The first kappa shape index (κ1) is 16.0. The highest BCUT2D eigenvalue weighted by atomic mass is 35.5. The van der Waals surface area contributed by atoms with E-state index in [1.807, 2.05) is 18.2 Å². The topological polar surface area (TPSA) is 12.0 Å². The van der Waals surface area contributed by atoms with Gasteiger partial charge in [-0.1, -0.05) is 61.8 Å². The van der Waals surface area contributed by atoms with Gasteiger partial charge in [-0.05, 0) is 24.1 Å². The Morgan fingerprint density at radius 2 is 1.76 bits per heavy atom. The third kappa shape index (κ3) is 4.55. The van der Waals surface area contributed by atoms with Crippen molar-refractivity contribution in [1.82, 2.24) is 5.32 Å². The molecule has 21 heavy (non-hydrogen) atoms. The van der Waals surface area contributed by atoms with Crippen molar-refractivity contribution < 1.29 is 4.39 Å². The van der Waals surface area contributed by atoms with Gasteiger partial charge >= 0.3 is 0 Å². The summed E-state index contributed by atoms with van der Waals surface area (Å²) in [6.45, 7) is 5.02. The van der Waals surface area contributed by atoms with Crippen LogP contribution in [-0.2, 0) is 6.42 Å². The van der Waals surface area contributed by atoms with Gasteiger partial charge in [-0.2, -0.15) is 0 Å². The molecule has 0 saturated carbocycles. The number of nitrogens with one attached hydrogen (secondary N) is 1. The summed E-state index contributed by atoms with van der Waals surface area (Å²) in [4.78, 5) is 0. The molecule has 1 unspecified atom stereocenters. The second-order valence-corrected chi connectivity index (χ2v) is 5.98. The van der Waals surface area contributed by atoms with Crippen LogP contribution in [0.3, 0.4) is 0 Å². The largest absolute Gasteiger partial charge is 0.314 e. The molecule has 0 heterocycles. The average molecular weight is 306 g/mol.